The molecule has 4 rings (SSSR count). The average molecular weight is 556 g/mol. The Morgan fingerprint density at radius 1 is 0.805 bits per heavy atom. The van der Waals surface area contributed by atoms with Crippen molar-refractivity contribution in [2.24, 2.45) is 0 Å². The lowest BCUT2D eigenvalue weighted by Gasteiger charge is -2.33. The van der Waals surface area contributed by atoms with Gasteiger partial charge in [-0.2, -0.15) is 5.10 Å². The highest BCUT2D eigenvalue weighted by molar-refractivity contribution is 6.00. The number of aryl methyl sites for hydroxylation is 2. The van der Waals surface area contributed by atoms with Gasteiger partial charge in [0.15, 0.2) is 0 Å². The Bertz CT molecular complexity index is 1500. The summed E-state index contributed by atoms with van der Waals surface area (Å²) in [6, 6.07) is 16.0. The van der Waals surface area contributed by atoms with E-state index in [1.54, 1.807) is 4.68 Å². The van der Waals surface area contributed by atoms with Crippen LogP contribution in [0.3, 0.4) is 0 Å². The summed E-state index contributed by atoms with van der Waals surface area (Å²) in [6.45, 7) is 18.7. The van der Waals surface area contributed by atoms with Gasteiger partial charge in [0, 0.05) is 28.7 Å². The predicted molar refractivity (Wildman–Crippen MR) is 161 cm³/mol. The first-order valence-electron chi connectivity index (χ1n) is 13.9. The van der Waals surface area contributed by atoms with Gasteiger partial charge >= 0.3 is 11.9 Å². The monoisotopic (exact) mass is 555 g/mol. The first-order valence-corrected chi connectivity index (χ1v) is 13.9. The quantitative estimate of drug-likeness (QED) is 0.339. The summed E-state index contributed by atoms with van der Waals surface area (Å²) >= 11 is 0. The normalized spacial score (nSPS) is 14.7. The van der Waals surface area contributed by atoms with Crippen molar-refractivity contribution in [2.45, 2.75) is 86.4 Å². The van der Waals surface area contributed by atoms with Crippen molar-refractivity contribution in [3.05, 3.63) is 94.0 Å². The number of esters is 2. The van der Waals surface area contributed by atoms with Crippen LogP contribution in [0.4, 0.5) is 0 Å². The Morgan fingerprint density at radius 2 is 1.34 bits per heavy atom. The van der Waals surface area contributed by atoms with Gasteiger partial charge in [-0.25, -0.2) is 14.3 Å². The summed E-state index contributed by atoms with van der Waals surface area (Å²) < 4.78 is 13.6. The summed E-state index contributed by atoms with van der Waals surface area (Å²) in [7, 11) is 0. The summed E-state index contributed by atoms with van der Waals surface area (Å²) in [5, 5.41) is 8.32. The summed E-state index contributed by atoms with van der Waals surface area (Å²) in [6.07, 6.45) is 1.91. The van der Waals surface area contributed by atoms with Crippen LogP contribution >= 0.6 is 0 Å². The number of carbonyl (C=O) groups excluding carboxylic acids is 2. The van der Waals surface area contributed by atoms with Gasteiger partial charge < -0.3 is 14.8 Å². The maximum Gasteiger partial charge on any atom is 0.337 e. The third-order valence-corrected chi connectivity index (χ3v) is 6.72. The van der Waals surface area contributed by atoms with Gasteiger partial charge in [-0.3, -0.25) is 0 Å². The zero-order valence-electron chi connectivity index (χ0n) is 25.8. The van der Waals surface area contributed by atoms with E-state index < -0.39 is 29.1 Å². The maximum absolute atomic E-state index is 13.9. The van der Waals surface area contributed by atoms with Crippen molar-refractivity contribution in [1.29, 1.82) is 0 Å². The van der Waals surface area contributed by atoms with Crippen LogP contribution in [-0.4, -0.2) is 32.9 Å². The van der Waals surface area contributed by atoms with Crippen molar-refractivity contribution in [3.8, 4) is 16.9 Å². The number of para-hydroxylation sites is 1. The average Bonchev–Trinajstić information content (AvgIpc) is 3.28. The molecule has 0 saturated carbocycles. The zero-order chi connectivity index (χ0) is 30.3. The number of rotatable bonds is 5. The molecule has 3 aromatic rings. The van der Waals surface area contributed by atoms with E-state index >= 15 is 0 Å². The van der Waals surface area contributed by atoms with E-state index in [2.05, 4.69) is 23.5 Å². The van der Waals surface area contributed by atoms with Crippen LogP contribution in [0.25, 0.3) is 16.9 Å². The smallest absolute Gasteiger partial charge is 0.337 e. The van der Waals surface area contributed by atoms with Crippen molar-refractivity contribution >= 4 is 11.9 Å². The minimum atomic E-state index is -0.784. The topological polar surface area (TPSA) is 82.5 Å². The fourth-order valence-electron chi connectivity index (χ4n) is 5.02. The summed E-state index contributed by atoms with van der Waals surface area (Å²) in [5.74, 6) is -1.78. The van der Waals surface area contributed by atoms with Crippen LogP contribution in [0.2, 0.25) is 0 Å². The Balaban J connectivity index is 2.05. The van der Waals surface area contributed by atoms with E-state index in [9.17, 15) is 9.59 Å². The van der Waals surface area contributed by atoms with E-state index in [1.165, 1.54) is 0 Å². The third kappa shape index (κ3) is 6.62. The van der Waals surface area contributed by atoms with Gasteiger partial charge in [0.05, 0.1) is 28.4 Å². The molecular weight excluding hydrogens is 514 g/mol. The number of ether oxygens (including phenoxy) is 2. The molecule has 0 unspecified atom stereocenters. The first kappa shape index (κ1) is 29.8. The summed E-state index contributed by atoms with van der Waals surface area (Å²) in [4.78, 5) is 27.8. The molecule has 0 spiro atoms. The van der Waals surface area contributed by atoms with Gasteiger partial charge in [0.25, 0.3) is 0 Å². The van der Waals surface area contributed by atoms with Crippen LogP contribution in [0.5, 0.6) is 0 Å². The molecule has 0 saturated heterocycles. The molecule has 41 heavy (non-hydrogen) atoms. The van der Waals surface area contributed by atoms with Crippen LogP contribution in [-0.2, 0) is 19.1 Å². The lowest BCUT2D eigenvalue weighted by atomic mass is 9.79. The number of dihydropyridines is 1. The Morgan fingerprint density at radius 3 is 1.85 bits per heavy atom. The Kier molecular flexibility index (Phi) is 8.03. The number of aromatic nitrogens is 2. The number of hydrogen-bond acceptors (Lipinski definition) is 6. The van der Waals surface area contributed by atoms with Gasteiger partial charge in [-0.15, -0.1) is 0 Å². The number of benzene rings is 2. The van der Waals surface area contributed by atoms with E-state index in [1.807, 2.05) is 106 Å². The van der Waals surface area contributed by atoms with Gasteiger partial charge in [0.2, 0.25) is 0 Å². The molecule has 7 heteroatoms. The molecule has 216 valence electrons. The lowest BCUT2D eigenvalue weighted by molar-refractivity contribution is -0.150. The van der Waals surface area contributed by atoms with E-state index in [4.69, 9.17) is 14.6 Å². The Labute approximate surface area is 243 Å². The van der Waals surface area contributed by atoms with Gasteiger partial charge in [-0.1, -0.05) is 35.9 Å². The fourth-order valence-corrected chi connectivity index (χ4v) is 5.02. The lowest BCUT2D eigenvalue weighted by Crippen LogP contribution is -2.36. The molecule has 1 aliphatic rings. The molecule has 0 bridgehead atoms. The van der Waals surface area contributed by atoms with Gasteiger partial charge in [0.1, 0.15) is 11.2 Å². The van der Waals surface area contributed by atoms with Gasteiger partial charge in [-0.05, 0) is 93.0 Å². The van der Waals surface area contributed by atoms with Crippen LogP contribution in [0, 0.1) is 13.8 Å². The highest BCUT2D eigenvalue weighted by Crippen LogP contribution is 2.44. The van der Waals surface area contributed by atoms with Crippen molar-refractivity contribution in [3.63, 3.8) is 0 Å². The highest BCUT2D eigenvalue weighted by atomic mass is 16.6. The number of allylic oxidation sites excluding steroid dienone is 2. The van der Waals surface area contributed by atoms with Crippen LogP contribution in [0.15, 0.2) is 77.3 Å². The third-order valence-electron chi connectivity index (χ3n) is 6.72. The SMILES string of the molecule is CC1=C(C(=O)OC(C)(C)C)C(c2cn(-c3ccccc3)nc2-c2cc(C)ccc2C)C(C(=O)OC(C)(C)C)=C(C)N1. The maximum atomic E-state index is 13.9. The first-order chi connectivity index (χ1) is 19.1. The second kappa shape index (κ2) is 11.0. The molecule has 1 aliphatic heterocycles. The van der Waals surface area contributed by atoms with E-state index in [-0.39, 0.29) is 0 Å². The van der Waals surface area contributed by atoms with Crippen LogP contribution in [0.1, 0.15) is 78.0 Å². The van der Waals surface area contributed by atoms with Crippen molar-refractivity contribution in [1.82, 2.24) is 15.1 Å². The largest absolute Gasteiger partial charge is 0.457 e. The Hall–Kier alpha value is -4.13. The molecule has 1 N–H and O–H groups in total. The molecular formula is C34H41N3O4. The number of carbonyl (C=O) groups is 2. The molecule has 0 atom stereocenters. The minimum absolute atomic E-state index is 0.352. The number of nitrogens with one attached hydrogen (secondary N) is 1. The van der Waals surface area contributed by atoms with Crippen molar-refractivity contribution < 1.29 is 19.1 Å². The number of hydrogen-bond donors (Lipinski definition) is 1. The minimum Gasteiger partial charge on any atom is -0.457 e. The fraction of sp³-hybridized carbons (Fsp3) is 0.382. The molecule has 1 aromatic heterocycles. The molecule has 2 aromatic carbocycles. The van der Waals surface area contributed by atoms with E-state index in [0.717, 1.165) is 22.4 Å². The molecule has 0 amide bonds. The zero-order valence-corrected chi connectivity index (χ0v) is 25.8. The van der Waals surface area contributed by atoms with Crippen molar-refractivity contribution in [2.75, 3.05) is 0 Å². The van der Waals surface area contributed by atoms with E-state index in [0.29, 0.717) is 33.8 Å². The molecule has 0 fully saturated rings. The predicted octanol–water partition coefficient (Wildman–Crippen LogP) is 7.07. The summed E-state index contributed by atoms with van der Waals surface area (Å²) in [5.41, 5.74) is 5.77. The molecule has 7 nitrogen and oxygen atoms in total. The standard InChI is InChI=1S/C34H41N3O4/c1-20-16-17-21(2)25(18-20)30-26(19-37(36-30)24-14-12-11-13-15-24)29-27(31(38)40-33(5,6)7)22(3)35-23(4)28(29)32(39)41-34(8,9)10/h11-19,29,35H,1-10H3. The molecule has 2 heterocycles. The molecule has 0 aliphatic carbocycles. The number of nitrogens with zero attached hydrogens (tertiary/aromatic N) is 2. The second-order valence-corrected chi connectivity index (χ2v) is 12.7. The second-order valence-electron chi connectivity index (χ2n) is 12.7. The van der Waals surface area contributed by atoms with Crippen LogP contribution < -0.4 is 5.32 Å². The highest BCUT2D eigenvalue weighted by Gasteiger charge is 2.42. The molecule has 0 radical (unpaired) electrons.